The summed E-state index contributed by atoms with van der Waals surface area (Å²) in [6, 6.07) is 0. The van der Waals surface area contributed by atoms with Gasteiger partial charge in [0.1, 0.15) is 6.10 Å². The van der Waals surface area contributed by atoms with Crippen LogP contribution in [0.3, 0.4) is 0 Å². The van der Waals surface area contributed by atoms with Crippen molar-refractivity contribution >= 4 is 29.0 Å². The highest BCUT2D eigenvalue weighted by molar-refractivity contribution is 7.80. The average molecular weight is 331 g/mol. The molecule has 126 valence electrons. The lowest BCUT2D eigenvalue weighted by molar-refractivity contribution is -0.146. The monoisotopic (exact) mass is 331 g/mol. The predicted molar refractivity (Wildman–Crippen MR) is 87.5 cm³/mol. The van der Waals surface area contributed by atoms with Crippen molar-refractivity contribution in [3.05, 3.63) is 0 Å². The number of hydrogen-bond acceptors (Lipinski definition) is 6. The maximum atomic E-state index is 11.8. The van der Waals surface area contributed by atoms with Crippen LogP contribution in [-0.4, -0.2) is 48.8 Å². The summed E-state index contributed by atoms with van der Waals surface area (Å²) in [5, 5.41) is 4.09. The smallest absolute Gasteiger partial charge is 0.309 e. The molecule has 1 rings (SSSR count). The molecule has 0 aromatic carbocycles. The number of cyclic esters (lactones) is 1. The summed E-state index contributed by atoms with van der Waals surface area (Å²) in [5.74, 6) is -0.408. The van der Waals surface area contributed by atoms with Gasteiger partial charge in [0.25, 0.3) is 0 Å². The van der Waals surface area contributed by atoms with Crippen LogP contribution in [0.5, 0.6) is 0 Å². The Morgan fingerprint density at radius 2 is 2.27 bits per heavy atom. The molecule has 8 heteroatoms. The summed E-state index contributed by atoms with van der Waals surface area (Å²) < 4.78 is 16.1. The molecule has 0 spiro atoms. The van der Waals surface area contributed by atoms with Crippen LogP contribution in [0.4, 0.5) is 0 Å². The summed E-state index contributed by atoms with van der Waals surface area (Å²) >= 11 is 4.66. The van der Waals surface area contributed by atoms with Gasteiger partial charge in [0.15, 0.2) is 5.11 Å². The van der Waals surface area contributed by atoms with Gasteiger partial charge in [-0.25, -0.2) is 0 Å². The van der Waals surface area contributed by atoms with Gasteiger partial charge in [-0.3, -0.25) is 10.2 Å². The fourth-order valence-electron chi connectivity index (χ4n) is 2.10. The Balaban J connectivity index is 2.25. The van der Waals surface area contributed by atoms with Crippen LogP contribution in [0.25, 0.3) is 0 Å². The zero-order valence-electron chi connectivity index (χ0n) is 13.3. The third-order valence-corrected chi connectivity index (χ3v) is 3.14. The molecular weight excluding hydrogens is 306 g/mol. The second kappa shape index (κ2) is 9.70. The molecule has 22 heavy (non-hydrogen) atoms. The molecule has 0 saturated carbocycles. The van der Waals surface area contributed by atoms with Crippen molar-refractivity contribution < 1.29 is 19.0 Å². The molecule has 0 aliphatic carbocycles. The largest absolute Gasteiger partial charge is 0.460 e. The van der Waals surface area contributed by atoms with E-state index >= 15 is 0 Å². The van der Waals surface area contributed by atoms with E-state index in [1.165, 1.54) is 0 Å². The Morgan fingerprint density at radius 1 is 1.55 bits per heavy atom. The Hall–Kier alpha value is -1.25. The molecule has 0 unspecified atom stereocenters. The number of nitrogens with two attached hydrogens (primary N) is 1. The topological polar surface area (TPSA) is 95.2 Å². The number of esters is 1. The molecule has 0 aromatic rings. The first-order valence-electron chi connectivity index (χ1n) is 7.37. The van der Waals surface area contributed by atoms with E-state index < -0.39 is 0 Å². The molecule has 1 fully saturated rings. The molecule has 0 radical (unpaired) electrons. The molecule has 1 saturated heterocycles. The van der Waals surface area contributed by atoms with Crippen LogP contribution < -0.4 is 11.2 Å². The Labute approximate surface area is 136 Å². The number of hydrogen-bond donors (Lipinski definition) is 2. The molecule has 1 aliphatic heterocycles. The van der Waals surface area contributed by atoms with Gasteiger partial charge in [0.05, 0.1) is 31.8 Å². The van der Waals surface area contributed by atoms with E-state index in [1.54, 1.807) is 0 Å². The average Bonchev–Trinajstić information content (AvgIpc) is 2.76. The van der Waals surface area contributed by atoms with Gasteiger partial charge < -0.3 is 19.9 Å². The zero-order valence-corrected chi connectivity index (χ0v) is 14.1. The number of nitrogens with one attached hydrogen (secondary N) is 1. The summed E-state index contributed by atoms with van der Waals surface area (Å²) in [7, 11) is 0. The minimum absolute atomic E-state index is 0.100. The van der Waals surface area contributed by atoms with Crippen LogP contribution in [-0.2, 0) is 19.0 Å². The van der Waals surface area contributed by atoms with Gasteiger partial charge in [-0.1, -0.05) is 0 Å². The minimum Gasteiger partial charge on any atom is -0.460 e. The van der Waals surface area contributed by atoms with Crippen molar-refractivity contribution in [2.75, 3.05) is 19.8 Å². The van der Waals surface area contributed by atoms with Crippen molar-refractivity contribution in [2.45, 2.75) is 45.8 Å². The number of thiocarbonyl (C=S) groups is 1. The maximum absolute atomic E-state index is 11.8. The normalized spacial score (nSPS) is 22.0. The SMILES string of the molecule is C/C(C[C@@H]1C[C@@H](COCCOC(C)C)OC1=O)=N/NC(N)=S. The number of nitrogens with zero attached hydrogens (tertiary/aromatic N) is 1. The van der Waals surface area contributed by atoms with E-state index in [4.69, 9.17) is 19.9 Å². The summed E-state index contributed by atoms with van der Waals surface area (Å²) in [6.45, 7) is 7.18. The lowest BCUT2D eigenvalue weighted by atomic mass is 9.99. The van der Waals surface area contributed by atoms with Gasteiger partial charge >= 0.3 is 5.97 Å². The van der Waals surface area contributed by atoms with Crippen molar-refractivity contribution in [1.82, 2.24) is 5.43 Å². The van der Waals surface area contributed by atoms with Gasteiger partial charge in [-0.15, -0.1) is 0 Å². The van der Waals surface area contributed by atoms with Crippen LogP contribution in [0.15, 0.2) is 5.10 Å². The third-order valence-electron chi connectivity index (χ3n) is 3.04. The lowest BCUT2D eigenvalue weighted by Crippen LogP contribution is -2.25. The molecule has 0 bridgehead atoms. The molecule has 1 aliphatic rings. The van der Waals surface area contributed by atoms with Gasteiger partial charge in [0, 0.05) is 18.6 Å². The third kappa shape index (κ3) is 7.67. The van der Waals surface area contributed by atoms with Crippen LogP contribution in [0.2, 0.25) is 0 Å². The number of carbonyl (C=O) groups excluding carboxylic acids is 1. The Morgan fingerprint density at radius 3 is 2.91 bits per heavy atom. The minimum atomic E-state index is -0.211. The molecule has 7 nitrogen and oxygen atoms in total. The highest BCUT2D eigenvalue weighted by Crippen LogP contribution is 2.24. The fourth-order valence-corrected chi connectivity index (χ4v) is 2.15. The van der Waals surface area contributed by atoms with Crippen molar-refractivity contribution in [3.8, 4) is 0 Å². The molecule has 1 heterocycles. The Kier molecular flexibility index (Phi) is 8.29. The van der Waals surface area contributed by atoms with Gasteiger partial charge in [-0.2, -0.15) is 5.10 Å². The first kappa shape index (κ1) is 18.8. The van der Waals surface area contributed by atoms with E-state index in [0.717, 1.165) is 5.71 Å². The fraction of sp³-hybridized carbons (Fsp3) is 0.786. The van der Waals surface area contributed by atoms with E-state index in [2.05, 4.69) is 22.7 Å². The number of hydrazone groups is 1. The van der Waals surface area contributed by atoms with E-state index in [9.17, 15) is 4.79 Å². The van der Waals surface area contributed by atoms with Gasteiger partial charge in [-0.05, 0) is 33.0 Å². The van der Waals surface area contributed by atoms with Crippen LogP contribution >= 0.6 is 12.2 Å². The molecular formula is C14H25N3O4S. The van der Waals surface area contributed by atoms with Crippen molar-refractivity contribution in [2.24, 2.45) is 16.8 Å². The van der Waals surface area contributed by atoms with E-state index in [1.807, 2.05) is 20.8 Å². The highest BCUT2D eigenvalue weighted by Gasteiger charge is 2.34. The van der Waals surface area contributed by atoms with E-state index in [0.29, 0.717) is 32.7 Å². The van der Waals surface area contributed by atoms with Gasteiger partial charge in [0.2, 0.25) is 0 Å². The molecule has 2 atom stereocenters. The summed E-state index contributed by atoms with van der Waals surface area (Å²) in [6.07, 6.45) is 1.13. The lowest BCUT2D eigenvalue weighted by Gasteiger charge is -2.11. The highest BCUT2D eigenvalue weighted by atomic mass is 32.1. The number of ether oxygens (including phenoxy) is 3. The second-order valence-electron chi connectivity index (χ2n) is 5.51. The van der Waals surface area contributed by atoms with Crippen molar-refractivity contribution in [3.63, 3.8) is 0 Å². The summed E-state index contributed by atoms with van der Waals surface area (Å²) in [5.41, 5.74) is 8.55. The first-order valence-corrected chi connectivity index (χ1v) is 7.77. The first-order chi connectivity index (χ1) is 10.4. The molecule has 3 N–H and O–H groups in total. The van der Waals surface area contributed by atoms with Crippen molar-refractivity contribution in [1.29, 1.82) is 0 Å². The molecule has 0 amide bonds. The Bertz CT molecular complexity index is 415. The molecule has 0 aromatic heterocycles. The zero-order chi connectivity index (χ0) is 16.5. The van der Waals surface area contributed by atoms with E-state index in [-0.39, 0.29) is 29.2 Å². The predicted octanol–water partition coefficient (Wildman–Crippen LogP) is 0.959. The van der Waals surface area contributed by atoms with Crippen LogP contribution in [0, 0.1) is 5.92 Å². The van der Waals surface area contributed by atoms with Crippen LogP contribution in [0.1, 0.15) is 33.6 Å². The second-order valence-corrected chi connectivity index (χ2v) is 5.95. The quantitative estimate of drug-likeness (QED) is 0.214. The number of carbonyl (C=O) groups is 1. The maximum Gasteiger partial charge on any atom is 0.309 e. The standard InChI is InChI=1S/C14H25N3O4S/c1-9(2)20-5-4-19-8-12-7-11(13(18)21-12)6-10(3)16-17-14(15)22/h9,11-12H,4-8H2,1-3H3,(H3,15,17,22)/b16-10-/t11-,12+/m1/s1. The number of rotatable bonds is 9. The summed E-state index contributed by atoms with van der Waals surface area (Å²) in [4.78, 5) is 11.8.